The van der Waals surface area contributed by atoms with Crippen LogP contribution in [0.25, 0.3) is 11.1 Å². The molecule has 0 aliphatic carbocycles. The first-order valence-corrected chi connectivity index (χ1v) is 15.2. The fourth-order valence-corrected chi connectivity index (χ4v) is 6.91. The van der Waals surface area contributed by atoms with Crippen LogP contribution in [0.1, 0.15) is 36.8 Å². The molecular weight excluding hydrogens is 651 g/mol. The Morgan fingerprint density at radius 3 is 1.53 bits per heavy atom. The highest BCUT2D eigenvalue weighted by atomic mass is 79.9. The maximum atomic E-state index is 14.3. The number of likely N-dealkylation sites (tertiary alicyclic amines) is 2. The van der Waals surface area contributed by atoms with Crippen molar-refractivity contribution in [2.45, 2.75) is 38.0 Å². The number of nitrogens with zero attached hydrogens (tertiary/aromatic N) is 4. The highest BCUT2D eigenvalue weighted by Crippen LogP contribution is 2.39. The Kier molecular flexibility index (Phi) is 10.0. The van der Waals surface area contributed by atoms with E-state index < -0.39 is 0 Å². The molecule has 2 aromatic carbocycles. The number of rotatable bonds is 8. The Morgan fingerprint density at radius 1 is 0.816 bits per heavy atom. The molecule has 2 saturated heterocycles. The van der Waals surface area contributed by atoms with E-state index in [0.717, 1.165) is 70.2 Å². The topological polar surface area (TPSA) is 30.0 Å². The van der Waals surface area contributed by atoms with E-state index in [4.69, 9.17) is 23.2 Å². The van der Waals surface area contributed by atoms with Gasteiger partial charge in [-0.25, -0.2) is 0 Å². The van der Waals surface area contributed by atoms with E-state index in [2.05, 4.69) is 79.7 Å². The molecule has 0 bridgehead atoms. The quantitative estimate of drug-likeness (QED) is 0.267. The minimum Gasteiger partial charge on any atom is -0.358 e. The maximum absolute atomic E-state index is 14.3. The molecule has 2 atom stereocenters. The van der Waals surface area contributed by atoms with Crippen molar-refractivity contribution >= 4 is 83.4 Å². The van der Waals surface area contributed by atoms with Crippen molar-refractivity contribution in [2.24, 2.45) is 0 Å². The van der Waals surface area contributed by atoms with Crippen molar-refractivity contribution in [3.63, 3.8) is 0 Å². The van der Waals surface area contributed by atoms with Gasteiger partial charge in [-0.1, -0.05) is 55.1 Å². The van der Waals surface area contributed by atoms with Crippen LogP contribution in [0.5, 0.6) is 0 Å². The van der Waals surface area contributed by atoms with E-state index in [1.807, 2.05) is 36.4 Å². The lowest BCUT2D eigenvalue weighted by Crippen LogP contribution is -2.41. The first-order valence-electron chi connectivity index (χ1n) is 12.8. The number of hydrogen-bond acceptors (Lipinski definition) is 5. The molecule has 0 N–H and O–H groups in total. The molecule has 9 heteroatoms. The number of halogens is 4. The van der Waals surface area contributed by atoms with Gasteiger partial charge in [0.25, 0.3) is 0 Å². The van der Waals surface area contributed by atoms with Gasteiger partial charge in [-0.2, -0.15) is 0 Å². The lowest BCUT2D eigenvalue weighted by molar-refractivity contribution is -0.108. The molecule has 0 radical (unpaired) electrons. The van der Waals surface area contributed by atoms with Crippen molar-refractivity contribution in [2.75, 3.05) is 51.1 Å². The van der Waals surface area contributed by atoms with Crippen LogP contribution in [-0.2, 0) is 4.79 Å². The summed E-state index contributed by atoms with van der Waals surface area (Å²) in [6, 6.07) is 12.0. The number of anilines is 2. The minimum atomic E-state index is -0.227. The van der Waals surface area contributed by atoms with Crippen molar-refractivity contribution in [1.29, 1.82) is 0 Å². The third-order valence-electron chi connectivity index (χ3n) is 7.82. The second-order valence-corrected chi connectivity index (χ2v) is 12.4. The molecule has 2 heterocycles. The zero-order valence-corrected chi connectivity index (χ0v) is 26.9. The monoisotopic (exact) mass is 682 g/mol. The molecule has 0 amide bonds. The zero-order chi connectivity index (χ0) is 27.6. The van der Waals surface area contributed by atoms with E-state index in [1.54, 1.807) is 0 Å². The van der Waals surface area contributed by atoms with Crippen molar-refractivity contribution in [3.05, 3.63) is 67.5 Å². The van der Waals surface area contributed by atoms with Gasteiger partial charge in [-0.05, 0) is 89.3 Å². The first kappa shape index (κ1) is 29.6. The number of ketones is 1. The molecule has 2 fully saturated rings. The Balaban J connectivity index is 1.75. The Labute approximate surface area is 253 Å². The highest BCUT2D eigenvalue weighted by molar-refractivity contribution is 9.10. The van der Waals surface area contributed by atoms with E-state index in [0.29, 0.717) is 11.1 Å². The molecule has 0 saturated carbocycles. The zero-order valence-electron chi connectivity index (χ0n) is 22.2. The Bertz CT molecular complexity index is 1160. The molecule has 2 aromatic rings. The summed E-state index contributed by atoms with van der Waals surface area (Å²) < 4.78 is 1.74. The van der Waals surface area contributed by atoms with Crippen LogP contribution in [0.4, 0.5) is 11.4 Å². The van der Waals surface area contributed by atoms with Crippen LogP contribution in [-0.4, -0.2) is 69.2 Å². The van der Waals surface area contributed by atoms with Crippen LogP contribution in [0, 0.1) is 0 Å². The van der Waals surface area contributed by atoms with Gasteiger partial charge in [0.2, 0.25) is 0 Å². The first-order chi connectivity index (χ1) is 18.2. The van der Waals surface area contributed by atoms with Crippen LogP contribution in [0.3, 0.4) is 0 Å². The summed E-state index contributed by atoms with van der Waals surface area (Å²) in [5.41, 5.74) is 6.97. The van der Waals surface area contributed by atoms with Crippen molar-refractivity contribution in [3.8, 4) is 0 Å². The summed E-state index contributed by atoms with van der Waals surface area (Å²) in [5, 5.41) is 0. The lowest BCUT2D eigenvalue weighted by Gasteiger charge is -2.34. The fourth-order valence-electron chi connectivity index (χ4n) is 5.75. The molecule has 2 aliphatic heterocycles. The van der Waals surface area contributed by atoms with Crippen LogP contribution >= 0.6 is 55.1 Å². The van der Waals surface area contributed by atoms with Crippen molar-refractivity contribution in [1.82, 2.24) is 9.80 Å². The molecule has 5 nitrogen and oxygen atoms in total. The van der Waals surface area contributed by atoms with Gasteiger partial charge in [-0.3, -0.25) is 14.6 Å². The third kappa shape index (κ3) is 6.03. The van der Waals surface area contributed by atoms with Crippen LogP contribution in [0.15, 0.2) is 56.4 Å². The normalized spacial score (nSPS) is 21.3. The summed E-state index contributed by atoms with van der Waals surface area (Å²) in [6.07, 6.45) is 4.90. The van der Waals surface area contributed by atoms with E-state index >= 15 is 0 Å². The number of allylic oxidation sites excluding steroid dienone is 2. The SMILES string of the molecule is CN1CCCC1N(C)c1ccc(Br)cc1C(=CCl)C(=O)C(=CCl)c1cc(Br)ccc1N(C)C1CCCN1C. The molecule has 38 heavy (non-hydrogen) atoms. The number of benzene rings is 2. The molecule has 2 unspecified atom stereocenters. The Morgan fingerprint density at radius 2 is 1.21 bits per heavy atom. The standard InChI is InChI=1S/C29H34Br2Cl2N4O/c1-34-13-5-7-27(34)36(3)25-11-9-19(30)15-21(25)23(17-32)29(38)24(18-33)22-16-20(31)10-12-26(22)37(4)28-8-6-14-35(28)2/h9-12,15-18,27-28H,5-8,13-14H2,1-4H3. The van der Waals surface area contributed by atoms with Gasteiger partial charge in [-0.15, -0.1) is 0 Å². The van der Waals surface area contributed by atoms with E-state index in [-0.39, 0.29) is 18.1 Å². The number of carbonyl (C=O) groups excluding carboxylic acids is 1. The van der Waals surface area contributed by atoms with Gasteiger partial charge >= 0.3 is 0 Å². The van der Waals surface area contributed by atoms with Gasteiger partial charge in [0.1, 0.15) is 0 Å². The highest BCUT2D eigenvalue weighted by Gasteiger charge is 2.31. The average Bonchev–Trinajstić information content (AvgIpc) is 3.52. The molecule has 4 rings (SSSR count). The second-order valence-electron chi connectivity index (χ2n) is 10.1. The van der Waals surface area contributed by atoms with E-state index in [9.17, 15) is 4.79 Å². The van der Waals surface area contributed by atoms with Gasteiger partial charge in [0.05, 0.1) is 12.3 Å². The fraction of sp³-hybridized carbons (Fsp3) is 0.414. The lowest BCUT2D eigenvalue weighted by atomic mass is 9.92. The number of carbonyl (C=O) groups is 1. The summed E-state index contributed by atoms with van der Waals surface area (Å²) in [6.45, 7) is 2.10. The summed E-state index contributed by atoms with van der Waals surface area (Å²) in [4.78, 5) is 23.4. The number of Topliss-reactive ketones (excluding diaryl/α,β-unsaturated/α-hetero) is 1. The molecule has 0 spiro atoms. The summed E-state index contributed by atoms with van der Waals surface area (Å²) in [5.74, 6) is -0.227. The Hall–Kier alpha value is -1.35. The van der Waals surface area contributed by atoms with Gasteiger partial charge < -0.3 is 9.80 Å². The second kappa shape index (κ2) is 12.9. The molecule has 204 valence electrons. The van der Waals surface area contributed by atoms with E-state index in [1.165, 1.54) is 11.1 Å². The summed E-state index contributed by atoms with van der Waals surface area (Å²) >= 11 is 20.1. The van der Waals surface area contributed by atoms with Gasteiger partial charge in [0.15, 0.2) is 5.78 Å². The largest absolute Gasteiger partial charge is 0.358 e. The van der Waals surface area contributed by atoms with Crippen LogP contribution < -0.4 is 9.80 Å². The maximum Gasteiger partial charge on any atom is 0.196 e. The molecule has 0 aromatic heterocycles. The molecular formula is C29H34Br2Cl2N4O. The minimum absolute atomic E-state index is 0.227. The van der Waals surface area contributed by atoms with Crippen LogP contribution in [0.2, 0.25) is 0 Å². The summed E-state index contributed by atoms with van der Waals surface area (Å²) in [7, 11) is 8.43. The third-order valence-corrected chi connectivity index (χ3v) is 9.25. The predicted octanol–water partition coefficient (Wildman–Crippen LogP) is 7.62. The number of hydrogen-bond donors (Lipinski definition) is 0. The molecule has 2 aliphatic rings. The van der Waals surface area contributed by atoms with Gasteiger partial charge in [0, 0.05) is 67.8 Å². The predicted molar refractivity (Wildman–Crippen MR) is 169 cm³/mol. The average molecular weight is 685 g/mol. The van der Waals surface area contributed by atoms with Crippen molar-refractivity contribution < 1.29 is 4.79 Å². The smallest absolute Gasteiger partial charge is 0.196 e.